The Labute approximate surface area is 138 Å². The molecule has 0 spiro atoms. The number of aliphatic carboxylic acids is 1. The van der Waals surface area contributed by atoms with E-state index in [1.54, 1.807) is 6.07 Å². The predicted molar refractivity (Wildman–Crippen MR) is 92.2 cm³/mol. The Kier molecular flexibility index (Phi) is 4.16. The third kappa shape index (κ3) is 3.35. The lowest BCUT2D eigenvalue weighted by atomic mass is 10.1. The van der Waals surface area contributed by atoms with Gasteiger partial charge in [0.1, 0.15) is 17.2 Å². The molecule has 0 aromatic heterocycles. The van der Waals surface area contributed by atoms with E-state index in [1.807, 2.05) is 36.4 Å². The van der Waals surface area contributed by atoms with Crippen LogP contribution >= 0.6 is 0 Å². The minimum absolute atomic E-state index is 0.0473. The summed E-state index contributed by atoms with van der Waals surface area (Å²) in [5.41, 5.74) is 0.824. The third-order valence-corrected chi connectivity index (χ3v) is 3.67. The molecule has 0 fully saturated rings. The van der Waals surface area contributed by atoms with E-state index in [4.69, 9.17) is 0 Å². The standard InChI is InChI=1S/C19H15NO4/c21-16-8-6-14(18(22)11-16)10-17(19(23)24)20-15-7-5-12-3-1-2-4-13(12)9-15/h1-9,11,21-22H,10H2,(H,23,24). The second-order valence-corrected chi connectivity index (χ2v) is 5.38. The molecule has 0 amide bonds. The van der Waals surface area contributed by atoms with Crippen molar-refractivity contribution in [2.45, 2.75) is 6.42 Å². The van der Waals surface area contributed by atoms with Crippen LogP contribution in [-0.2, 0) is 11.2 Å². The van der Waals surface area contributed by atoms with Gasteiger partial charge < -0.3 is 15.3 Å². The summed E-state index contributed by atoms with van der Waals surface area (Å²) in [6, 6.07) is 17.2. The molecule has 3 aromatic carbocycles. The predicted octanol–water partition coefficient (Wildman–Crippen LogP) is 3.65. The van der Waals surface area contributed by atoms with Crippen molar-refractivity contribution >= 4 is 28.1 Å². The molecule has 120 valence electrons. The fourth-order valence-electron chi connectivity index (χ4n) is 2.45. The first kappa shape index (κ1) is 15.6. The first-order valence-corrected chi connectivity index (χ1v) is 7.33. The molecule has 0 unspecified atom stereocenters. The van der Waals surface area contributed by atoms with E-state index < -0.39 is 5.97 Å². The molecular weight excluding hydrogens is 306 g/mol. The number of hydrogen-bond donors (Lipinski definition) is 3. The number of benzene rings is 3. The van der Waals surface area contributed by atoms with E-state index in [-0.39, 0.29) is 23.6 Å². The summed E-state index contributed by atoms with van der Waals surface area (Å²) in [6.07, 6.45) is -0.0473. The summed E-state index contributed by atoms with van der Waals surface area (Å²) < 4.78 is 0. The molecule has 5 nitrogen and oxygen atoms in total. The average molecular weight is 321 g/mol. The van der Waals surface area contributed by atoms with Crippen molar-refractivity contribution in [3.63, 3.8) is 0 Å². The van der Waals surface area contributed by atoms with Crippen molar-refractivity contribution in [2.75, 3.05) is 0 Å². The van der Waals surface area contributed by atoms with Gasteiger partial charge in [-0.2, -0.15) is 0 Å². The molecule has 0 heterocycles. The minimum atomic E-state index is -1.16. The summed E-state index contributed by atoms with van der Waals surface area (Å²) in [5, 5.41) is 30.5. The van der Waals surface area contributed by atoms with Gasteiger partial charge in [0.05, 0.1) is 5.69 Å². The van der Waals surface area contributed by atoms with Gasteiger partial charge in [0.25, 0.3) is 0 Å². The summed E-state index contributed by atoms with van der Waals surface area (Å²) in [6.45, 7) is 0. The molecule has 0 aliphatic heterocycles. The lowest BCUT2D eigenvalue weighted by molar-refractivity contribution is -0.129. The van der Waals surface area contributed by atoms with Crippen LogP contribution in [0, 0.1) is 0 Å². The van der Waals surface area contributed by atoms with Gasteiger partial charge in [-0.1, -0.05) is 36.4 Å². The Bertz CT molecular complexity index is 947. The summed E-state index contributed by atoms with van der Waals surface area (Å²) in [7, 11) is 0. The number of nitrogens with zero attached hydrogens (tertiary/aromatic N) is 1. The van der Waals surface area contributed by atoms with Gasteiger partial charge >= 0.3 is 5.97 Å². The molecular formula is C19H15NO4. The van der Waals surface area contributed by atoms with Gasteiger partial charge in [-0.15, -0.1) is 0 Å². The molecule has 0 saturated carbocycles. The van der Waals surface area contributed by atoms with Crippen LogP contribution in [0.4, 0.5) is 5.69 Å². The molecule has 0 atom stereocenters. The van der Waals surface area contributed by atoms with Gasteiger partial charge in [0, 0.05) is 18.1 Å². The zero-order valence-corrected chi connectivity index (χ0v) is 12.7. The molecule has 24 heavy (non-hydrogen) atoms. The first-order valence-electron chi connectivity index (χ1n) is 7.33. The second-order valence-electron chi connectivity index (χ2n) is 5.38. The second kappa shape index (κ2) is 6.42. The summed E-state index contributed by atoms with van der Waals surface area (Å²) in [5.74, 6) is -1.40. The van der Waals surface area contributed by atoms with Gasteiger partial charge in [-0.05, 0) is 29.0 Å². The third-order valence-electron chi connectivity index (χ3n) is 3.67. The van der Waals surface area contributed by atoms with Gasteiger partial charge in [-0.3, -0.25) is 0 Å². The highest BCUT2D eigenvalue weighted by Crippen LogP contribution is 2.25. The Balaban J connectivity index is 1.96. The highest BCUT2D eigenvalue weighted by atomic mass is 16.4. The maximum atomic E-state index is 11.5. The summed E-state index contributed by atoms with van der Waals surface area (Å²) >= 11 is 0. The number of carboxylic acids is 1. The maximum absolute atomic E-state index is 11.5. The number of carbonyl (C=O) groups is 1. The van der Waals surface area contributed by atoms with Crippen molar-refractivity contribution in [3.8, 4) is 11.5 Å². The van der Waals surface area contributed by atoms with Crippen molar-refractivity contribution in [3.05, 3.63) is 66.2 Å². The molecule has 3 rings (SSSR count). The topological polar surface area (TPSA) is 90.1 Å². The van der Waals surface area contributed by atoms with Crippen molar-refractivity contribution in [1.29, 1.82) is 0 Å². The first-order chi connectivity index (χ1) is 11.5. The molecule has 0 bridgehead atoms. The number of fused-ring (bicyclic) bond motifs is 1. The monoisotopic (exact) mass is 321 g/mol. The van der Waals surface area contributed by atoms with Crippen molar-refractivity contribution in [2.24, 2.45) is 4.99 Å². The Morgan fingerprint density at radius 3 is 2.38 bits per heavy atom. The van der Waals surface area contributed by atoms with Crippen LogP contribution in [-0.4, -0.2) is 27.0 Å². The van der Waals surface area contributed by atoms with E-state index in [2.05, 4.69) is 4.99 Å². The van der Waals surface area contributed by atoms with Crippen LogP contribution < -0.4 is 0 Å². The van der Waals surface area contributed by atoms with Crippen LogP contribution in [0.3, 0.4) is 0 Å². The Morgan fingerprint density at radius 2 is 1.67 bits per heavy atom. The number of hydrogen-bond acceptors (Lipinski definition) is 4. The van der Waals surface area contributed by atoms with Crippen LogP contribution in [0.5, 0.6) is 11.5 Å². The van der Waals surface area contributed by atoms with Crippen LogP contribution in [0.1, 0.15) is 5.56 Å². The Hall–Kier alpha value is -3.34. The highest BCUT2D eigenvalue weighted by Gasteiger charge is 2.14. The number of phenolic OH excluding ortho intramolecular Hbond substituents is 2. The molecule has 5 heteroatoms. The molecule has 3 aromatic rings. The normalized spacial score (nSPS) is 11.6. The zero-order valence-electron chi connectivity index (χ0n) is 12.7. The molecule has 0 aliphatic rings. The summed E-state index contributed by atoms with van der Waals surface area (Å²) in [4.78, 5) is 15.7. The van der Waals surface area contributed by atoms with Crippen LogP contribution in [0.15, 0.2) is 65.7 Å². The van der Waals surface area contributed by atoms with E-state index in [1.165, 1.54) is 18.2 Å². The number of rotatable bonds is 4. The van der Waals surface area contributed by atoms with Gasteiger partial charge in [-0.25, -0.2) is 9.79 Å². The number of phenols is 2. The van der Waals surface area contributed by atoms with Crippen LogP contribution in [0.25, 0.3) is 10.8 Å². The average Bonchev–Trinajstić information content (AvgIpc) is 2.56. The molecule has 0 saturated heterocycles. The quantitative estimate of drug-likeness (QED) is 0.640. The number of carboxylic acid groups (broad SMARTS) is 1. The molecule has 0 aliphatic carbocycles. The number of aromatic hydroxyl groups is 2. The van der Waals surface area contributed by atoms with Gasteiger partial charge in [0.2, 0.25) is 0 Å². The molecule has 3 N–H and O–H groups in total. The van der Waals surface area contributed by atoms with E-state index in [0.29, 0.717) is 11.3 Å². The zero-order chi connectivity index (χ0) is 17.1. The van der Waals surface area contributed by atoms with E-state index >= 15 is 0 Å². The van der Waals surface area contributed by atoms with Crippen LogP contribution in [0.2, 0.25) is 0 Å². The fraction of sp³-hybridized carbons (Fsp3) is 0.0526. The number of aliphatic imine (C=N–C) groups is 1. The largest absolute Gasteiger partial charge is 0.508 e. The fourth-order valence-corrected chi connectivity index (χ4v) is 2.45. The molecule has 0 radical (unpaired) electrons. The van der Waals surface area contributed by atoms with Crippen molar-refractivity contribution < 1.29 is 20.1 Å². The van der Waals surface area contributed by atoms with E-state index in [9.17, 15) is 20.1 Å². The highest BCUT2D eigenvalue weighted by molar-refractivity contribution is 6.36. The SMILES string of the molecule is O=C(O)C(Cc1ccc(O)cc1O)=Nc1ccc2ccccc2c1. The maximum Gasteiger partial charge on any atom is 0.350 e. The van der Waals surface area contributed by atoms with Crippen molar-refractivity contribution in [1.82, 2.24) is 0 Å². The smallest absolute Gasteiger partial charge is 0.350 e. The minimum Gasteiger partial charge on any atom is -0.508 e. The lowest BCUT2D eigenvalue weighted by Gasteiger charge is -2.06. The lowest BCUT2D eigenvalue weighted by Crippen LogP contribution is -2.15. The van der Waals surface area contributed by atoms with Gasteiger partial charge in [0.15, 0.2) is 0 Å². The van der Waals surface area contributed by atoms with E-state index in [0.717, 1.165) is 10.8 Å². The Morgan fingerprint density at radius 1 is 0.917 bits per heavy atom.